The smallest absolute Gasteiger partial charge is 0.247 e. The van der Waals surface area contributed by atoms with Crippen LogP contribution < -0.4 is 10.6 Å². The van der Waals surface area contributed by atoms with Gasteiger partial charge in [-0.15, -0.1) is 0 Å². The highest BCUT2D eigenvalue weighted by molar-refractivity contribution is 5.94. The van der Waals surface area contributed by atoms with Crippen LogP contribution in [0.1, 0.15) is 24.1 Å². The van der Waals surface area contributed by atoms with Gasteiger partial charge in [-0.1, -0.05) is 24.3 Å². The van der Waals surface area contributed by atoms with Gasteiger partial charge in [-0.3, -0.25) is 4.79 Å². The van der Waals surface area contributed by atoms with Crippen LogP contribution in [0.25, 0.3) is 0 Å². The SMILES string of the molecule is CC(C(=O)N[C@@H]1c2ccccc2C[C@@H]1O)=C1CNC1. The summed E-state index contributed by atoms with van der Waals surface area (Å²) in [7, 11) is 0. The Bertz CT molecular complexity index is 545. The summed E-state index contributed by atoms with van der Waals surface area (Å²) in [5, 5.41) is 16.2. The molecule has 1 aromatic carbocycles. The molecule has 1 aliphatic carbocycles. The molecule has 4 nitrogen and oxygen atoms in total. The van der Waals surface area contributed by atoms with Gasteiger partial charge in [0.1, 0.15) is 0 Å². The Kier molecular flexibility index (Phi) is 3.12. The van der Waals surface area contributed by atoms with Crippen LogP contribution in [0, 0.1) is 0 Å². The third kappa shape index (κ3) is 2.17. The third-order valence-corrected chi connectivity index (χ3v) is 4.04. The fourth-order valence-electron chi connectivity index (χ4n) is 2.67. The molecular weight excluding hydrogens is 240 g/mol. The van der Waals surface area contributed by atoms with Gasteiger partial charge in [0.05, 0.1) is 12.1 Å². The van der Waals surface area contributed by atoms with E-state index >= 15 is 0 Å². The highest BCUT2D eigenvalue weighted by atomic mass is 16.3. The van der Waals surface area contributed by atoms with Crippen molar-refractivity contribution in [2.75, 3.05) is 13.1 Å². The molecule has 0 bridgehead atoms. The molecule has 2 atom stereocenters. The average molecular weight is 258 g/mol. The number of rotatable bonds is 2. The molecule has 100 valence electrons. The normalized spacial score (nSPS) is 24.6. The van der Waals surface area contributed by atoms with Crippen molar-refractivity contribution in [2.45, 2.75) is 25.5 Å². The average Bonchev–Trinajstić information content (AvgIpc) is 2.64. The molecule has 1 fully saturated rings. The number of fused-ring (bicyclic) bond motifs is 1. The molecular formula is C15H18N2O2. The Morgan fingerprint density at radius 2 is 2.11 bits per heavy atom. The highest BCUT2D eigenvalue weighted by Crippen LogP contribution is 2.31. The quantitative estimate of drug-likeness (QED) is 0.684. The Morgan fingerprint density at radius 3 is 2.79 bits per heavy atom. The van der Waals surface area contributed by atoms with Crippen LogP contribution in [0.2, 0.25) is 0 Å². The van der Waals surface area contributed by atoms with Crippen molar-refractivity contribution in [2.24, 2.45) is 0 Å². The monoisotopic (exact) mass is 258 g/mol. The Balaban J connectivity index is 1.78. The van der Waals surface area contributed by atoms with E-state index in [9.17, 15) is 9.90 Å². The summed E-state index contributed by atoms with van der Waals surface area (Å²) in [5.74, 6) is -0.0720. The number of benzene rings is 1. The minimum absolute atomic E-state index is 0.0720. The predicted molar refractivity (Wildman–Crippen MR) is 72.6 cm³/mol. The maximum atomic E-state index is 12.2. The van der Waals surface area contributed by atoms with Gasteiger partial charge in [0.25, 0.3) is 0 Å². The second kappa shape index (κ2) is 4.79. The molecule has 4 heteroatoms. The van der Waals surface area contributed by atoms with Crippen LogP contribution in [0.5, 0.6) is 0 Å². The summed E-state index contributed by atoms with van der Waals surface area (Å²) in [4.78, 5) is 12.2. The standard InChI is InChI=1S/C15H18N2O2/c1-9(11-7-16-8-11)15(19)17-14-12-5-3-2-4-10(12)6-13(14)18/h2-5,13-14,16,18H,6-8H2,1H3,(H,17,19)/t13-,14+/m0/s1. The maximum absolute atomic E-state index is 12.2. The lowest BCUT2D eigenvalue weighted by Gasteiger charge is -2.23. The number of aliphatic hydroxyl groups is 1. The van der Waals surface area contributed by atoms with Gasteiger partial charge >= 0.3 is 0 Å². The number of carbonyl (C=O) groups is 1. The first-order valence-electron chi connectivity index (χ1n) is 6.63. The van der Waals surface area contributed by atoms with Crippen LogP contribution >= 0.6 is 0 Å². The Hall–Kier alpha value is -1.65. The molecule has 1 aliphatic heterocycles. The summed E-state index contributed by atoms with van der Waals surface area (Å²) < 4.78 is 0. The van der Waals surface area contributed by atoms with E-state index in [0.29, 0.717) is 6.42 Å². The first-order valence-corrected chi connectivity index (χ1v) is 6.63. The maximum Gasteiger partial charge on any atom is 0.247 e. The fraction of sp³-hybridized carbons (Fsp3) is 0.400. The second-order valence-electron chi connectivity index (χ2n) is 5.25. The van der Waals surface area contributed by atoms with E-state index < -0.39 is 6.10 Å². The first kappa shape index (κ1) is 12.4. The van der Waals surface area contributed by atoms with Gasteiger partial charge in [-0.2, -0.15) is 0 Å². The van der Waals surface area contributed by atoms with E-state index in [1.807, 2.05) is 31.2 Å². The van der Waals surface area contributed by atoms with Crippen molar-refractivity contribution in [1.29, 1.82) is 0 Å². The van der Waals surface area contributed by atoms with E-state index in [1.54, 1.807) is 0 Å². The number of hydrogen-bond donors (Lipinski definition) is 3. The van der Waals surface area contributed by atoms with E-state index in [4.69, 9.17) is 0 Å². The molecule has 0 saturated carbocycles. The molecule has 0 spiro atoms. The molecule has 2 aliphatic rings. The minimum Gasteiger partial charge on any atom is -0.390 e. The Morgan fingerprint density at radius 1 is 1.37 bits per heavy atom. The first-order chi connectivity index (χ1) is 9.16. The molecule has 1 amide bonds. The zero-order chi connectivity index (χ0) is 13.4. The van der Waals surface area contributed by atoms with Crippen molar-refractivity contribution < 1.29 is 9.90 Å². The number of amides is 1. The Labute approximate surface area is 112 Å². The van der Waals surface area contributed by atoms with Gasteiger partial charge in [0.15, 0.2) is 0 Å². The molecule has 1 heterocycles. The molecule has 1 aromatic rings. The molecule has 0 aromatic heterocycles. The van der Waals surface area contributed by atoms with Crippen LogP contribution in [-0.4, -0.2) is 30.2 Å². The zero-order valence-corrected chi connectivity index (χ0v) is 10.9. The molecule has 3 rings (SSSR count). The van der Waals surface area contributed by atoms with Gasteiger partial charge in [0, 0.05) is 25.1 Å². The van der Waals surface area contributed by atoms with Crippen LogP contribution in [0.4, 0.5) is 0 Å². The van der Waals surface area contributed by atoms with Gasteiger partial charge in [-0.25, -0.2) is 0 Å². The number of aliphatic hydroxyl groups excluding tert-OH is 1. The molecule has 0 unspecified atom stereocenters. The number of carbonyl (C=O) groups excluding carboxylic acids is 1. The van der Waals surface area contributed by atoms with Crippen LogP contribution in [0.3, 0.4) is 0 Å². The summed E-state index contributed by atoms with van der Waals surface area (Å²) in [5.41, 5.74) is 4.08. The van der Waals surface area contributed by atoms with E-state index in [0.717, 1.165) is 35.4 Å². The summed E-state index contributed by atoms with van der Waals surface area (Å²) >= 11 is 0. The number of nitrogens with one attached hydrogen (secondary N) is 2. The van der Waals surface area contributed by atoms with Crippen molar-refractivity contribution >= 4 is 5.91 Å². The third-order valence-electron chi connectivity index (χ3n) is 4.04. The minimum atomic E-state index is -0.529. The zero-order valence-electron chi connectivity index (χ0n) is 10.9. The predicted octanol–water partition coefficient (Wildman–Crippen LogP) is 0.681. The molecule has 1 saturated heterocycles. The lowest BCUT2D eigenvalue weighted by atomic mass is 10.0. The van der Waals surface area contributed by atoms with Crippen molar-refractivity contribution in [1.82, 2.24) is 10.6 Å². The highest BCUT2D eigenvalue weighted by Gasteiger charge is 2.32. The van der Waals surface area contributed by atoms with Crippen molar-refractivity contribution in [3.05, 3.63) is 46.5 Å². The van der Waals surface area contributed by atoms with Gasteiger partial charge < -0.3 is 15.7 Å². The molecule has 0 radical (unpaired) electrons. The number of hydrogen-bond acceptors (Lipinski definition) is 3. The van der Waals surface area contributed by atoms with Gasteiger partial charge in [-0.05, 0) is 23.6 Å². The van der Waals surface area contributed by atoms with E-state index in [-0.39, 0.29) is 11.9 Å². The van der Waals surface area contributed by atoms with E-state index in [1.165, 1.54) is 0 Å². The van der Waals surface area contributed by atoms with Crippen LogP contribution in [-0.2, 0) is 11.2 Å². The molecule has 19 heavy (non-hydrogen) atoms. The topological polar surface area (TPSA) is 61.4 Å². The van der Waals surface area contributed by atoms with E-state index in [2.05, 4.69) is 10.6 Å². The summed E-state index contributed by atoms with van der Waals surface area (Å²) in [6.07, 6.45) is 0.0804. The lowest BCUT2D eigenvalue weighted by Crippen LogP contribution is -2.39. The van der Waals surface area contributed by atoms with Crippen molar-refractivity contribution in [3.63, 3.8) is 0 Å². The van der Waals surface area contributed by atoms with Gasteiger partial charge in [0.2, 0.25) is 5.91 Å². The van der Waals surface area contributed by atoms with Crippen molar-refractivity contribution in [3.8, 4) is 0 Å². The largest absolute Gasteiger partial charge is 0.390 e. The summed E-state index contributed by atoms with van der Waals surface area (Å²) in [6, 6.07) is 7.60. The van der Waals surface area contributed by atoms with Crippen LogP contribution in [0.15, 0.2) is 35.4 Å². The summed E-state index contributed by atoms with van der Waals surface area (Å²) in [6.45, 7) is 3.44. The second-order valence-corrected chi connectivity index (χ2v) is 5.25. The lowest BCUT2D eigenvalue weighted by molar-refractivity contribution is -0.119. The molecule has 3 N–H and O–H groups in total. The fourth-order valence-corrected chi connectivity index (χ4v) is 2.67.